The number of aliphatic imine (C=N–C) groups is 1. The van der Waals surface area contributed by atoms with Crippen molar-refractivity contribution in [2.75, 3.05) is 5.73 Å². The molecule has 0 saturated heterocycles. The topological polar surface area (TPSA) is 55.5 Å². The maximum absolute atomic E-state index is 11.3. The van der Waals surface area contributed by atoms with Crippen LogP contribution in [0, 0.1) is 0 Å². The van der Waals surface area contributed by atoms with E-state index in [1.54, 1.807) is 12.3 Å². The molecule has 2 N–H and O–H groups in total. The molecule has 14 heavy (non-hydrogen) atoms. The summed E-state index contributed by atoms with van der Waals surface area (Å²) in [5.74, 6) is -0.193. The van der Waals surface area contributed by atoms with Gasteiger partial charge in [-0.3, -0.25) is 4.79 Å². The fraction of sp³-hybridized carbons (Fsp3) is 0.111. The lowest BCUT2D eigenvalue weighted by molar-refractivity contribution is 0.100. The summed E-state index contributed by atoms with van der Waals surface area (Å²) in [6.07, 6.45) is 2.29. The Bertz CT molecular complexity index is 418. The Morgan fingerprint density at radius 3 is 2.86 bits per heavy atom. The third-order valence-electron chi connectivity index (χ3n) is 1.97. The molecule has 0 aliphatic carbocycles. The molecule has 1 heterocycles. The smallest absolute Gasteiger partial charge is 0.276 e. The van der Waals surface area contributed by atoms with Gasteiger partial charge in [-0.1, -0.05) is 0 Å². The van der Waals surface area contributed by atoms with Gasteiger partial charge < -0.3 is 5.73 Å². The minimum atomic E-state index is -0.193. The highest BCUT2D eigenvalue weighted by Crippen LogP contribution is 2.26. The highest BCUT2D eigenvalue weighted by molar-refractivity contribution is 9.10. The van der Waals surface area contributed by atoms with Crippen LogP contribution >= 0.6 is 28.3 Å². The summed E-state index contributed by atoms with van der Waals surface area (Å²) in [4.78, 5) is 15.0. The van der Waals surface area contributed by atoms with Crippen molar-refractivity contribution in [1.29, 1.82) is 0 Å². The fourth-order valence-corrected chi connectivity index (χ4v) is 1.64. The van der Waals surface area contributed by atoms with E-state index >= 15 is 0 Å². The minimum Gasteiger partial charge on any atom is -0.398 e. The highest BCUT2D eigenvalue weighted by atomic mass is 79.9. The summed E-state index contributed by atoms with van der Waals surface area (Å²) in [7, 11) is 0. The lowest BCUT2D eigenvalue weighted by Crippen LogP contribution is -2.09. The number of carbonyl (C=O) groups excluding carboxylic acids is 1. The predicted octanol–water partition coefficient (Wildman–Crippen LogP) is 2.22. The molecule has 2 rings (SSSR count). The Labute approximate surface area is 95.9 Å². The number of benzene rings is 1. The second kappa shape index (κ2) is 4.11. The van der Waals surface area contributed by atoms with Crippen LogP contribution in [0.4, 0.5) is 5.69 Å². The van der Waals surface area contributed by atoms with Gasteiger partial charge in [0.1, 0.15) is 0 Å². The van der Waals surface area contributed by atoms with Crippen LogP contribution in [0.5, 0.6) is 0 Å². The summed E-state index contributed by atoms with van der Waals surface area (Å²) >= 11 is 3.27. The van der Waals surface area contributed by atoms with E-state index in [0.717, 1.165) is 10.0 Å². The predicted molar refractivity (Wildman–Crippen MR) is 62.3 cm³/mol. The Hall–Kier alpha value is -0.870. The first-order chi connectivity index (χ1) is 6.18. The number of nitrogen functional groups attached to an aromatic ring is 1. The summed E-state index contributed by atoms with van der Waals surface area (Å²) in [5, 5.41) is 0. The summed E-state index contributed by atoms with van der Waals surface area (Å²) in [6.45, 7) is 0. The second-order valence-corrected chi connectivity index (χ2v) is 3.71. The SMILES string of the molecule is Cl.Nc1cc2c(cc1Br)C(=O)N=CC2. The van der Waals surface area contributed by atoms with Crippen molar-refractivity contribution in [2.45, 2.75) is 6.42 Å². The van der Waals surface area contributed by atoms with Crippen molar-refractivity contribution in [3.05, 3.63) is 27.7 Å². The number of hydrogen-bond acceptors (Lipinski definition) is 2. The van der Waals surface area contributed by atoms with Crippen molar-refractivity contribution in [3.63, 3.8) is 0 Å². The number of fused-ring (bicyclic) bond motifs is 1. The molecule has 1 amide bonds. The van der Waals surface area contributed by atoms with Crippen LogP contribution in [-0.2, 0) is 6.42 Å². The van der Waals surface area contributed by atoms with Crippen LogP contribution in [0.15, 0.2) is 21.6 Å². The molecule has 5 heteroatoms. The Balaban J connectivity index is 0.000000980. The van der Waals surface area contributed by atoms with E-state index < -0.39 is 0 Å². The van der Waals surface area contributed by atoms with Gasteiger partial charge in [0.15, 0.2) is 0 Å². The number of anilines is 1. The standard InChI is InChI=1S/C9H7BrN2O.ClH/c10-7-4-6-5(3-8(7)11)1-2-12-9(6)13;/h2-4H,1,11H2;1H. The van der Waals surface area contributed by atoms with Gasteiger partial charge >= 0.3 is 0 Å². The van der Waals surface area contributed by atoms with Gasteiger partial charge in [0, 0.05) is 28.4 Å². The van der Waals surface area contributed by atoms with Crippen molar-refractivity contribution < 1.29 is 4.79 Å². The molecule has 0 aromatic heterocycles. The minimum absolute atomic E-state index is 0. The van der Waals surface area contributed by atoms with E-state index in [1.165, 1.54) is 0 Å². The summed E-state index contributed by atoms with van der Waals surface area (Å²) < 4.78 is 0.747. The Kier molecular flexibility index (Phi) is 3.29. The molecule has 1 aliphatic heterocycles. The fourth-order valence-electron chi connectivity index (χ4n) is 1.30. The van der Waals surface area contributed by atoms with Gasteiger partial charge in [-0.25, -0.2) is 4.99 Å². The van der Waals surface area contributed by atoms with Gasteiger partial charge in [-0.2, -0.15) is 0 Å². The molecule has 0 saturated carbocycles. The van der Waals surface area contributed by atoms with E-state index in [1.807, 2.05) is 6.07 Å². The molecule has 0 bridgehead atoms. The number of nitrogens with zero attached hydrogens (tertiary/aromatic N) is 1. The number of amides is 1. The number of nitrogens with two attached hydrogens (primary N) is 1. The van der Waals surface area contributed by atoms with Crippen LogP contribution in [0.3, 0.4) is 0 Å². The number of carbonyl (C=O) groups is 1. The Morgan fingerprint density at radius 1 is 1.43 bits per heavy atom. The highest BCUT2D eigenvalue weighted by Gasteiger charge is 2.15. The third kappa shape index (κ3) is 1.81. The quantitative estimate of drug-likeness (QED) is 0.738. The van der Waals surface area contributed by atoms with Gasteiger partial charge in [0.25, 0.3) is 5.91 Å². The van der Waals surface area contributed by atoms with Crippen molar-refractivity contribution >= 4 is 46.1 Å². The first-order valence-corrected chi connectivity index (χ1v) is 4.62. The lowest BCUT2D eigenvalue weighted by atomic mass is 10.0. The zero-order valence-corrected chi connectivity index (χ0v) is 9.56. The van der Waals surface area contributed by atoms with Gasteiger partial charge in [-0.15, -0.1) is 12.4 Å². The molecule has 0 spiro atoms. The Morgan fingerprint density at radius 2 is 2.14 bits per heavy atom. The molecule has 0 atom stereocenters. The summed E-state index contributed by atoms with van der Waals surface area (Å²) in [5.41, 5.74) is 7.93. The van der Waals surface area contributed by atoms with E-state index in [9.17, 15) is 4.79 Å². The van der Waals surface area contributed by atoms with E-state index in [4.69, 9.17) is 5.73 Å². The molecule has 0 unspecified atom stereocenters. The largest absolute Gasteiger partial charge is 0.398 e. The van der Waals surface area contributed by atoms with E-state index in [0.29, 0.717) is 17.7 Å². The maximum Gasteiger partial charge on any atom is 0.276 e. The van der Waals surface area contributed by atoms with Crippen molar-refractivity contribution in [1.82, 2.24) is 0 Å². The number of rotatable bonds is 0. The molecule has 0 fully saturated rings. The first-order valence-electron chi connectivity index (χ1n) is 3.83. The molecule has 1 aromatic carbocycles. The molecule has 3 nitrogen and oxygen atoms in total. The zero-order valence-electron chi connectivity index (χ0n) is 7.16. The maximum atomic E-state index is 11.3. The van der Waals surface area contributed by atoms with Gasteiger partial charge in [-0.05, 0) is 33.6 Å². The lowest BCUT2D eigenvalue weighted by Gasteiger charge is -2.10. The van der Waals surface area contributed by atoms with Crippen LogP contribution < -0.4 is 5.73 Å². The average Bonchev–Trinajstić information content (AvgIpc) is 2.09. The molecule has 74 valence electrons. The van der Waals surface area contributed by atoms with Gasteiger partial charge in [0.2, 0.25) is 0 Å². The monoisotopic (exact) mass is 274 g/mol. The van der Waals surface area contributed by atoms with E-state index in [-0.39, 0.29) is 18.3 Å². The molecular weight excluding hydrogens is 267 g/mol. The third-order valence-corrected chi connectivity index (χ3v) is 2.66. The van der Waals surface area contributed by atoms with Gasteiger partial charge in [0.05, 0.1) is 0 Å². The van der Waals surface area contributed by atoms with Crippen LogP contribution in [0.1, 0.15) is 15.9 Å². The number of hydrogen-bond donors (Lipinski definition) is 1. The average molecular weight is 276 g/mol. The zero-order chi connectivity index (χ0) is 9.42. The number of halogens is 2. The van der Waals surface area contributed by atoms with Crippen LogP contribution in [0.2, 0.25) is 0 Å². The molecule has 1 aromatic rings. The van der Waals surface area contributed by atoms with Crippen LogP contribution in [-0.4, -0.2) is 12.1 Å². The normalized spacial score (nSPS) is 13.4. The molecule has 1 aliphatic rings. The first kappa shape index (κ1) is 11.2. The second-order valence-electron chi connectivity index (χ2n) is 2.85. The summed E-state index contributed by atoms with van der Waals surface area (Å²) in [6, 6.07) is 3.53. The van der Waals surface area contributed by atoms with Crippen molar-refractivity contribution in [3.8, 4) is 0 Å². The molecular formula is C9H8BrClN2O. The van der Waals surface area contributed by atoms with E-state index in [2.05, 4.69) is 20.9 Å². The molecule has 0 radical (unpaired) electrons. The van der Waals surface area contributed by atoms with Crippen LogP contribution in [0.25, 0.3) is 0 Å². The van der Waals surface area contributed by atoms with Crippen molar-refractivity contribution in [2.24, 2.45) is 4.99 Å².